The van der Waals surface area contributed by atoms with Gasteiger partial charge in [-0.15, -0.1) is 4.40 Å². The number of amidine groups is 1. The van der Waals surface area contributed by atoms with Crippen LogP contribution in [0.25, 0.3) is 0 Å². The van der Waals surface area contributed by atoms with Gasteiger partial charge in [-0.2, -0.15) is 8.42 Å². The van der Waals surface area contributed by atoms with Crippen molar-refractivity contribution in [1.29, 1.82) is 0 Å². The number of carbonyl (C=O) groups excluding carboxylic acids is 2. The molecule has 0 spiro atoms. The lowest BCUT2D eigenvalue weighted by Crippen LogP contribution is -2.25. The summed E-state index contributed by atoms with van der Waals surface area (Å²) in [5.41, 5.74) is 1.02. The van der Waals surface area contributed by atoms with E-state index in [-0.39, 0.29) is 29.5 Å². The topological polar surface area (TPSA) is 123 Å². The SMILES string of the molecule is CCOc1ccc(NC(=O)COC(=O)C[C@@H](C)CC2=NS(=O)(=O)c3ccccc3N2)cc1. The highest BCUT2D eigenvalue weighted by atomic mass is 32.2. The first-order chi connectivity index (χ1) is 15.3. The molecular formula is C22H25N3O6S. The molecule has 2 aromatic rings. The summed E-state index contributed by atoms with van der Waals surface area (Å²) in [7, 11) is -3.77. The van der Waals surface area contributed by atoms with Crippen molar-refractivity contribution in [3.63, 3.8) is 0 Å². The van der Waals surface area contributed by atoms with E-state index in [4.69, 9.17) is 9.47 Å². The maximum atomic E-state index is 12.3. The van der Waals surface area contributed by atoms with Gasteiger partial charge >= 0.3 is 5.97 Å². The van der Waals surface area contributed by atoms with E-state index in [0.29, 0.717) is 23.7 Å². The fraction of sp³-hybridized carbons (Fsp3) is 0.318. The van der Waals surface area contributed by atoms with E-state index in [1.54, 1.807) is 49.4 Å². The van der Waals surface area contributed by atoms with E-state index in [1.807, 2.05) is 6.92 Å². The smallest absolute Gasteiger partial charge is 0.306 e. The predicted octanol–water partition coefficient (Wildman–Crippen LogP) is 3.20. The molecule has 32 heavy (non-hydrogen) atoms. The Morgan fingerprint density at radius 1 is 1.12 bits per heavy atom. The van der Waals surface area contributed by atoms with Crippen LogP contribution in [-0.4, -0.2) is 39.3 Å². The van der Waals surface area contributed by atoms with E-state index < -0.39 is 28.5 Å². The zero-order chi connectivity index (χ0) is 23.1. The van der Waals surface area contributed by atoms with Crippen molar-refractivity contribution >= 4 is 39.1 Å². The van der Waals surface area contributed by atoms with Gasteiger partial charge in [0.25, 0.3) is 15.9 Å². The van der Waals surface area contributed by atoms with Gasteiger partial charge in [-0.05, 0) is 49.2 Å². The monoisotopic (exact) mass is 459 g/mol. The number of hydrogen-bond donors (Lipinski definition) is 2. The number of nitrogens with one attached hydrogen (secondary N) is 2. The lowest BCUT2D eigenvalue weighted by molar-refractivity contribution is -0.148. The molecule has 9 nitrogen and oxygen atoms in total. The molecule has 2 N–H and O–H groups in total. The van der Waals surface area contributed by atoms with Gasteiger partial charge in [-0.3, -0.25) is 9.59 Å². The zero-order valence-electron chi connectivity index (χ0n) is 17.8. The van der Waals surface area contributed by atoms with Crippen molar-refractivity contribution in [3.05, 3.63) is 48.5 Å². The first kappa shape index (κ1) is 23.3. The minimum Gasteiger partial charge on any atom is -0.494 e. The summed E-state index contributed by atoms with van der Waals surface area (Å²) in [6.07, 6.45) is 0.250. The summed E-state index contributed by atoms with van der Waals surface area (Å²) < 4.78 is 38.8. The van der Waals surface area contributed by atoms with Crippen molar-refractivity contribution in [1.82, 2.24) is 0 Å². The average molecular weight is 460 g/mol. The van der Waals surface area contributed by atoms with Gasteiger partial charge in [0, 0.05) is 18.5 Å². The molecule has 0 aromatic heterocycles. The van der Waals surface area contributed by atoms with Crippen LogP contribution in [0.2, 0.25) is 0 Å². The number of carbonyl (C=O) groups is 2. The van der Waals surface area contributed by atoms with Gasteiger partial charge in [0.15, 0.2) is 6.61 Å². The standard InChI is InChI=1S/C22H25N3O6S/c1-3-30-17-10-8-16(9-11-17)23-21(26)14-31-22(27)13-15(2)12-20-24-18-6-4-5-7-19(18)32(28,29)25-20/h4-11,15H,3,12-14H2,1-2H3,(H,23,26)(H,24,25)/t15-/m0/s1. The Morgan fingerprint density at radius 3 is 2.56 bits per heavy atom. The number of nitrogens with zero attached hydrogens (tertiary/aromatic N) is 1. The van der Waals surface area contributed by atoms with Crippen LogP contribution < -0.4 is 15.4 Å². The van der Waals surface area contributed by atoms with Crippen LogP contribution in [-0.2, 0) is 24.3 Å². The largest absolute Gasteiger partial charge is 0.494 e. The average Bonchev–Trinajstić information content (AvgIpc) is 2.73. The van der Waals surface area contributed by atoms with Crippen molar-refractivity contribution in [3.8, 4) is 5.75 Å². The normalized spacial score (nSPS) is 14.9. The molecule has 1 atom stereocenters. The van der Waals surface area contributed by atoms with Gasteiger partial charge in [-0.25, -0.2) is 0 Å². The van der Waals surface area contributed by atoms with Crippen molar-refractivity contribution in [2.75, 3.05) is 23.8 Å². The third-order valence-electron chi connectivity index (χ3n) is 4.54. The number of hydrogen-bond acceptors (Lipinski definition) is 7. The van der Waals surface area contributed by atoms with E-state index in [2.05, 4.69) is 15.0 Å². The predicted molar refractivity (Wildman–Crippen MR) is 120 cm³/mol. The zero-order valence-corrected chi connectivity index (χ0v) is 18.6. The Balaban J connectivity index is 1.45. The Hall–Kier alpha value is -3.40. The number of rotatable bonds is 9. The van der Waals surface area contributed by atoms with Gasteiger partial charge in [-0.1, -0.05) is 19.1 Å². The third kappa shape index (κ3) is 6.30. The van der Waals surface area contributed by atoms with Crippen LogP contribution in [0.5, 0.6) is 5.75 Å². The number of anilines is 2. The fourth-order valence-corrected chi connectivity index (χ4v) is 4.30. The lowest BCUT2D eigenvalue weighted by Gasteiger charge is -2.20. The second kappa shape index (κ2) is 10.3. The van der Waals surface area contributed by atoms with Gasteiger partial charge in [0.2, 0.25) is 0 Å². The number of sulfonamides is 1. The number of amides is 1. The Labute approximate surface area is 186 Å². The van der Waals surface area contributed by atoms with E-state index in [9.17, 15) is 18.0 Å². The molecule has 1 aliphatic rings. The Morgan fingerprint density at radius 2 is 1.84 bits per heavy atom. The molecule has 1 aliphatic heterocycles. The van der Waals surface area contributed by atoms with Crippen LogP contribution in [0.15, 0.2) is 57.8 Å². The molecule has 0 saturated carbocycles. The maximum Gasteiger partial charge on any atom is 0.306 e. The summed E-state index contributed by atoms with van der Waals surface area (Å²) in [5, 5.41) is 5.63. The fourth-order valence-electron chi connectivity index (χ4n) is 3.15. The quantitative estimate of drug-likeness (QED) is 0.552. The van der Waals surface area contributed by atoms with Crippen LogP contribution in [0.4, 0.5) is 11.4 Å². The maximum absolute atomic E-state index is 12.3. The van der Waals surface area contributed by atoms with Crippen LogP contribution in [0.3, 0.4) is 0 Å². The molecule has 2 aromatic carbocycles. The van der Waals surface area contributed by atoms with Gasteiger partial charge < -0.3 is 20.1 Å². The molecule has 0 saturated heterocycles. The van der Waals surface area contributed by atoms with Crippen LogP contribution >= 0.6 is 0 Å². The minimum atomic E-state index is -3.77. The van der Waals surface area contributed by atoms with E-state index in [1.165, 1.54) is 6.07 Å². The minimum absolute atomic E-state index is 0.0126. The Kier molecular flexibility index (Phi) is 7.47. The summed E-state index contributed by atoms with van der Waals surface area (Å²) in [5.74, 6) is -0.310. The molecule has 1 heterocycles. The first-order valence-corrected chi connectivity index (χ1v) is 11.6. The summed E-state index contributed by atoms with van der Waals surface area (Å²) in [6, 6.07) is 13.3. The highest BCUT2D eigenvalue weighted by molar-refractivity contribution is 7.90. The highest BCUT2D eigenvalue weighted by Crippen LogP contribution is 2.28. The van der Waals surface area contributed by atoms with E-state index in [0.717, 1.165) is 0 Å². The van der Waals surface area contributed by atoms with Crippen LogP contribution in [0.1, 0.15) is 26.7 Å². The first-order valence-electron chi connectivity index (χ1n) is 10.1. The molecule has 170 valence electrons. The lowest BCUT2D eigenvalue weighted by atomic mass is 10.0. The number of para-hydroxylation sites is 1. The molecule has 0 unspecified atom stereocenters. The van der Waals surface area contributed by atoms with Crippen molar-refractivity contribution < 1.29 is 27.5 Å². The van der Waals surface area contributed by atoms with E-state index >= 15 is 0 Å². The van der Waals surface area contributed by atoms with Crippen LogP contribution in [0, 0.1) is 5.92 Å². The van der Waals surface area contributed by atoms with Crippen molar-refractivity contribution in [2.24, 2.45) is 10.3 Å². The van der Waals surface area contributed by atoms with Gasteiger partial charge in [0.1, 0.15) is 16.5 Å². The molecule has 0 bridgehead atoms. The van der Waals surface area contributed by atoms with Gasteiger partial charge in [0.05, 0.1) is 12.3 Å². The number of esters is 1. The molecule has 0 fully saturated rings. The molecule has 1 amide bonds. The summed E-state index contributed by atoms with van der Waals surface area (Å²) in [4.78, 5) is 24.2. The summed E-state index contributed by atoms with van der Waals surface area (Å²) in [6.45, 7) is 3.79. The summed E-state index contributed by atoms with van der Waals surface area (Å²) >= 11 is 0. The van der Waals surface area contributed by atoms with Crippen molar-refractivity contribution in [2.45, 2.75) is 31.6 Å². The molecule has 3 rings (SSSR count). The highest BCUT2D eigenvalue weighted by Gasteiger charge is 2.25. The second-order valence-electron chi connectivity index (χ2n) is 7.31. The molecule has 10 heteroatoms. The Bertz CT molecular complexity index is 1110. The molecule has 0 radical (unpaired) electrons. The third-order valence-corrected chi connectivity index (χ3v) is 5.92. The number of fused-ring (bicyclic) bond motifs is 1. The number of ether oxygens (including phenoxy) is 2. The second-order valence-corrected chi connectivity index (χ2v) is 8.89. The molecular weight excluding hydrogens is 434 g/mol. The molecule has 0 aliphatic carbocycles. The number of benzene rings is 2.